The fourth-order valence-electron chi connectivity index (χ4n) is 2.23. The highest BCUT2D eigenvalue weighted by Gasteiger charge is 2.13. The quantitative estimate of drug-likeness (QED) is 0.799. The molecule has 6 heteroatoms. The predicted molar refractivity (Wildman–Crippen MR) is 89.2 cm³/mol. The Balaban J connectivity index is 1.94. The summed E-state index contributed by atoms with van der Waals surface area (Å²) in [5.41, 5.74) is 1.69. The number of ether oxygens (including phenoxy) is 1. The number of rotatable bonds is 6. The van der Waals surface area contributed by atoms with E-state index in [1.807, 2.05) is 6.92 Å². The molecule has 2 aromatic carbocycles. The van der Waals surface area contributed by atoms with E-state index in [-0.39, 0.29) is 24.3 Å². The number of nitrogens with one attached hydrogen (secondary N) is 2. The van der Waals surface area contributed by atoms with Crippen LogP contribution in [0.4, 0.5) is 10.1 Å². The molecule has 24 heavy (non-hydrogen) atoms. The molecule has 0 bridgehead atoms. The lowest BCUT2D eigenvalue weighted by molar-refractivity contribution is -0.120. The Kier molecular flexibility index (Phi) is 5.89. The zero-order valence-electron chi connectivity index (χ0n) is 13.5. The Morgan fingerprint density at radius 3 is 2.46 bits per heavy atom. The summed E-state index contributed by atoms with van der Waals surface area (Å²) >= 11 is 0. The second kappa shape index (κ2) is 8.10. The Morgan fingerprint density at radius 1 is 1.12 bits per heavy atom. The van der Waals surface area contributed by atoms with Gasteiger partial charge in [-0.3, -0.25) is 4.79 Å². The molecule has 0 fully saturated rings. The van der Waals surface area contributed by atoms with Crippen molar-refractivity contribution in [1.29, 1.82) is 0 Å². The van der Waals surface area contributed by atoms with Crippen molar-refractivity contribution in [2.45, 2.75) is 13.0 Å². The van der Waals surface area contributed by atoms with E-state index in [9.17, 15) is 14.0 Å². The maximum absolute atomic E-state index is 12.9. The summed E-state index contributed by atoms with van der Waals surface area (Å²) in [5, 5.41) is 5.73. The number of methoxy groups -OCH3 is 1. The summed E-state index contributed by atoms with van der Waals surface area (Å²) in [7, 11) is 1.30. The van der Waals surface area contributed by atoms with E-state index < -0.39 is 5.97 Å². The molecule has 0 aliphatic carbocycles. The van der Waals surface area contributed by atoms with Crippen molar-refractivity contribution in [3.63, 3.8) is 0 Å². The average molecular weight is 330 g/mol. The largest absolute Gasteiger partial charge is 0.465 e. The van der Waals surface area contributed by atoms with Crippen molar-refractivity contribution in [2.24, 2.45) is 0 Å². The highest BCUT2D eigenvalue weighted by molar-refractivity contribution is 5.96. The summed E-state index contributed by atoms with van der Waals surface area (Å²) in [6.45, 7) is 1.81. The van der Waals surface area contributed by atoms with E-state index in [0.29, 0.717) is 11.3 Å². The SMILES string of the molecule is COC(=O)c1ccccc1NCC(=O)NC(C)c1ccc(F)cc1. The van der Waals surface area contributed by atoms with E-state index in [1.54, 1.807) is 36.4 Å². The van der Waals surface area contributed by atoms with Crippen molar-refractivity contribution in [1.82, 2.24) is 5.32 Å². The monoisotopic (exact) mass is 330 g/mol. The topological polar surface area (TPSA) is 67.4 Å². The van der Waals surface area contributed by atoms with Gasteiger partial charge < -0.3 is 15.4 Å². The van der Waals surface area contributed by atoms with Crippen molar-refractivity contribution in [3.8, 4) is 0 Å². The molecule has 0 spiro atoms. The number of carbonyl (C=O) groups is 2. The normalized spacial score (nSPS) is 11.5. The van der Waals surface area contributed by atoms with Crippen LogP contribution in [0.5, 0.6) is 0 Å². The smallest absolute Gasteiger partial charge is 0.339 e. The Bertz CT molecular complexity index is 716. The molecule has 0 aliphatic rings. The van der Waals surface area contributed by atoms with Crippen LogP contribution in [-0.4, -0.2) is 25.5 Å². The van der Waals surface area contributed by atoms with Crippen LogP contribution in [0.15, 0.2) is 48.5 Å². The number of esters is 1. The van der Waals surface area contributed by atoms with Gasteiger partial charge in [-0.05, 0) is 36.8 Å². The molecule has 2 rings (SSSR count). The van der Waals surface area contributed by atoms with Gasteiger partial charge in [0.2, 0.25) is 5.91 Å². The van der Waals surface area contributed by atoms with Gasteiger partial charge in [0.05, 0.1) is 25.3 Å². The number of para-hydroxylation sites is 1. The minimum absolute atomic E-state index is 0.000454. The number of halogens is 1. The molecule has 0 radical (unpaired) electrons. The van der Waals surface area contributed by atoms with Crippen LogP contribution in [0.3, 0.4) is 0 Å². The van der Waals surface area contributed by atoms with E-state index >= 15 is 0 Å². The minimum atomic E-state index is -0.474. The second-order valence-electron chi connectivity index (χ2n) is 5.23. The molecule has 0 aliphatic heterocycles. The van der Waals surface area contributed by atoms with Gasteiger partial charge in [0, 0.05) is 5.69 Å². The molecule has 2 N–H and O–H groups in total. The number of benzene rings is 2. The van der Waals surface area contributed by atoms with Crippen LogP contribution in [-0.2, 0) is 9.53 Å². The van der Waals surface area contributed by atoms with Crippen molar-refractivity contribution in [3.05, 3.63) is 65.5 Å². The molecule has 0 aromatic heterocycles. The second-order valence-corrected chi connectivity index (χ2v) is 5.23. The first-order chi connectivity index (χ1) is 11.5. The predicted octanol–water partition coefficient (Wildman–Crippen LogP) is 2.90. The van der Waals surface area contributed by atoms with E-state index in [2.05, 4.69) is 10.6 Å². The number of anilines is 1. The van der Waals surface area contributed by atoms with Crippen molar-refractivity contribution in [2.75, 3.05) is 19.0 Å². The molecule has 0 saturated heterocycles. The summed E-state index contributed by atoms with van der Waals surface area (Å²) < 4.78 is 17.6. The Hall–Kier alpha value is -2.89. The Morgan fingerprint density at radius 2 is 1.79 bits per heavy atom. The highest BCUT2D eigenvalue weighted by Crippen LogP contribution is 2.16. The highest BCUT2D eigenvalue weighted by atomic mass is 19.1. The fourth-order valence-corrected chi connectivity index (χ4v) is 2.23. The minimum Gasteiger partial charge on any atom is -0.465 e. The summed E-state index contributed by atoms with van der Waals surface area (Å²) in [6, 6.07) is 12.5. The van der Waals surface area contributed by atoms with Crippen LogP contribution in [0.25, 0.3) is 0 Å². The van der Waals surface area contributed by atoms with Gasteiger partial charge in [0.15, 0.2) is 0 Å². The van der Waals surface area contributed by atoms with Gasteiger partial charge in [-0.1, -0.05) is 24.3 Å². The van der Waals surface area contributed by atoms with Crippen LogP contribution < -0.4 is 10.6 Å². The maximum Gasteiger partial charge on any atom is 0.339 e. The Labute approximate surface area is 139 Å². The summed E-state index contributed by atoms with van der Waals surface area (Å²) in [4.78, 5) is 23.7. The molecule has 1 atom stereocenters. The molecular weight excluding hydrogens is 311 g/mol. The van der Waals surface area contributed by atoms with Gasteiger partial charge in [0.1, 0.15) is 5.82 Å². The van der Waals surface area contributed by atoms with Gasteiger partial charge in [-0.25, -0.2) is 9.18 Å². The standard InChI is InChI=1S/C18H19FN2O3/c1-12(13-7-9-14(19)10-8-13)21-17(22)11-20-16-6-4-3-5-15(16)18(23)24-2/h3-10,12,20H,11H2,1-2H3,(H,21,22). The van der Waals surface area contributed by atoms with E-state index in [4.69, 9.17) is 4.74 Å². The molecule has 126 valence electrons. The molecule has 1 amide bonds. The third-order valence-electron chi connectivity index (χ3n) is 3.52. The third kappa shape index (κ3) is 4.55. The van der Waals surface area contributed by atoms with E-state index in [0.717, 1.165) is 5.56 Å². The number of amides is 1. The zero-order valence-corrected chi connectivity index (χ0v) is 13.5. The van der Waals surface area contributed by atoms with Crippen LogP contribution >= 0.6 is 0 Å². The lowest BCUT2D eigenvalue weighted by atomic mass is 10.1. The van der Waals surface area contributed by atoms with Gasteiger partial charge in [-0.2, -0.15) is 0 Å². The van der Waals surface area contributed by atoms with Crippen LogP contribution in [0.1, 0.15) is 28.9 Å². The lowest BCUT2D eigenvalue weighted by Gasteiger charge is -2.15. The molecule has 0 saturated carbocycles. The van der Waals surface area contributed by atoms with Crippen LogP contribution in [0, 0.1) is 5.82 Å². The van der Waals surface area contributed by atoms with Gasteiger partial charge in [-0.15, -0.1) is 0 Å². The first kappa shape index (κ1) is 17.5. The summed E-state index contributed by atoms with van der Waals surface area (Å²) in [6.07, 6.45) is 0. The molecular formula is C18H19FN2O3. The maximum atomic E-state index is 12.9. The van der Waals surface area contributed by atoms with Gasteiger partial charge in [0.25, 0.3) is 0 Å². The molecule has 2 aromatic rings. The first-order valence-electron chi connectivity index (χ1n) is 7.47. The van der Waals surface area contributed by atoms with Crippen LogP contribution in [0.2, 0.25) is 0 Å². The average Bonchev–Trinajstić information content (AvgIpc) is 2.60. The number of hydrogen-bond acceptors (Lipinski definition) is 4. The number of carbonyl (C=O) groups excluding carboxylic acids is 2. The molecule has 5 nitrogen and oxygen atoms in total. The first-order valence-corrected chi connectivity index (χ1v) is 7.47. The third-order valence-corrected chi connectivity index (χ3v) is 3.52. The summed E-state index contributed by atoms with van der Waals surface area (Å²) in [5.74, 6) is -1.04. The van der Waals surface area contributed by atoms with Crippen molar-refractivity contribution < 1.29 is 18.7 Å². The fraction of sp³-hybridized carbons (Fsp3) is 0.222. The van der Waals surface area contributed by atoms with Crippen molar-refractivity contribution >= 4 is 17.6 Å². The van der Waals surface area contributed by atoms with Gasteiger partial charge >= 0.3 is 5.97 Å². The van der Waals surface area contributed by atoms with E-state index in [1.165, 1.54) is 19.2 Å². The zero-order chi connectivity index (χ0) is 17.5. The lowest BCUT2D eigenvalue weighted by Crippen LogP contribution is -2.32. The molecule has 1 unspecified atom stereocenters. The number of hydrogen-bond donors (Lipinski definition) is 2. The molecule has 0 heterocycles.